The largest absolute Gasteiger partial charge is 0.377 e. The fourth-order valence-electron chi connectivity index (χ4n) is 2.62. The number of nitrogens with one attached hydrogen (secondary N) is 1. The molecule has 2 heterocycles. The molecule has 4 nitrogen and oxygen atoms in total. The predicted molar refractivity (Wildman–Crippen MR) is 94.3 cm³/mol. The molecule has 23 heavy (non-hydrogen) atoms. The summed E-state index contributed by atoms with van der Waals surface area (Å²) >= 11 is 5.82. The van der Waals surface area contributed by atoms with Gasteiger partial charge in [0.15, 0.2) is 0 Å². The quantitative estimate of drug-likeness (QED) is 0.660. The lowest BCUT2D eigenvalue weighted by atomic mass is 10.0. The van der Waals surface area contributed by atoms with Gasteiger partial charge in [0, 0.05) is 18.7 Å². The molecule has 1 aromatic carbocycles. The molecule has 0 bridgehead atoms. The van der Waals surface area contributed by atoms with E-state index in [1.165, 1.54) is 5.56 Å². The monoisotopic (exact) mass is 327 g/mol. The lowest BCUT2D eigenvalue weighted by Crippen LogP contribution is -2.00. The fourth-order valence-corrected chi connectivity index (χ4v) is 2.73. The number of aromatic nitrogens is 2. The second kappa shape index (κ2) is 6.94. The van der Waals surface area contributed by atoms with Crippen molar-refractivity contribution < 1.29 is 4.74 Å². The van der Waals surface area contributed by atoms with Crippen molar-refractivity contribution in [1.29, 1.82) is 0 Å². The molecule has 0 amide bonds. The van der Waals surface area contributed by atoms with Crippen LogP contribution in [-0.4, -0.2) is 17.1 Å². The predicted octanol–water partition coefficient (Wildman–Crippen LogP) is 5.12. The van der Waals surface area contributed by atoms with Crippen LogP contribution in [0.3, 0.4) is 0 Å². The van der Waals surface area contributed by atoms with Gasteiger partial charge in [-0.25, -0.2) is 9.97 Å². The van der Waals surface area contributed by atoms with Crippen molar-refractivity contribution in [3.63, 3.8) is 0 Å². The standard InChI is InChI=1S/C18H18ClN3O/c1-3-16(23-2)13-4-6-15-12(10-13)8-9-20-18(15)22-14-5-7-17(19)21-11-14/h4-11,16H,3H2,1-2H3,(H,20,22). The Kier molecular flexibility index (Phi) is 4.74. The lowest BCUT2D eigenvalue weighted by Gasteiger charge is -2.15. The third kappa shape index (κ3) is 3.44. The van der Waals surface area contributed by atoms with Crippen molar-refractivity contribution in [3.8, 4) is 0 Å². The smallest absolute Gasteiger partial charge is 0.138 e. The van der Waals surface area contributed by atoms with E-state index in [0.717, 1.165) is 28.7 Å². The number of pyridine rings is 2. The summed E-state index contributed by atoms with van der Waals surface area (Å²) in [7, 11) is 1.74. The highest BCUT2D eigenvalue weighted by Crippen LogP contribution is 2.28. The summed E-state index contributed by atoms with van der Waals surface area (Å²) in [6.45, 7) is 2.12. The Morgan fingerprint density at radius 2 is 2.04 bits per heavy atom. The van der Waals surface area contributed by atoms with Gasteiger partial charge < -0.3 is 10.1 Å². The number of benzene rings is 1. The van der Waals surface area contributed by atoms with Gasteiger partial charge in [0.05, 0.1) is 18.0 Å². The molecule has 0 radical (unpaired) electrons. The van der Waals surface area contributed by atoms with Crippen molar-refractivity contribution in [2.75, 3.05) is 12.4 Å². The first-order valence-electron chi connectivity index (χ1n) is 7.51. The van der Waals surface area contributed by atoms with Crippen LogP contribution in [0.15, 0.2) is 48.8 Å². The van der Waals surface area contributed by atoms with Crippen LogP contribution >= 0.6 is 11.6 Å². The molecule has 3 rings (SSSR count). The average molecular weight is 328 g/mol. The van der Waals surface area contributed by atoms with Crippen LogP contribution in [-0.2, 0) is 4.74 Å². The van der Waals surface area contributed by atoms with E-state index >= 15 is 0 Å². The number of nitrogens with zero attached hydrogens (tertiary/aromatic N) is 2. The van der Waals surface area contributed by atoms with Gasteiger partial charge >= 0.3 is 0 Å². The number of hydrogen-bond donors (Lipinski definition) is 1. The Morgan fingerprint density at radius 3 is 2.74 bits per heavy atom. The molecule has 118 valence electrons. The molecule has 0 aliphatic rings. The number of ether oxygens (including phenoxy) is 1. The summed E-state index contributed by atoms with van der Waals surface area (Å²) in [5.74, 6) is 0.795. The minimum absolute atomic E-state index is 0.115. The van der Waals surface area contributed by atoms with Crippen molar-refractivity contribution >= 4 is 33.9 Å². The number of halogens is 1. The number of rotatable bonds is 5. The molecular weight excluding hydrogens is 310 g/mol. The zero-order valence-electron chi connectivity index (χ0n) is 13.1. The van der Waals surface area contributed by atoms with Crippen LogP contribution in [0.4, 0.5) is 11.5 Å². The zero-order chi connectivity index (χ0) is 16.2. The summed E-state index contributed by atoms with van der Waals surface area (Å²) in [4.78, 5) is 8.51. The van der Waals surface area contributed by atoms with E-state index in [0.29, 0.717) is 5.15 Å². The molecule has 3 aromatic rings. The number of anilines is 2. The Labute approximate surface area is 140 Å². The molecule has 1 N–H and O–H groups in total. The first-order chi connectivity index (χ1) is 11.2. The van der Waals surface area contributed by atoms with E-state index in [1.807, 2.05) is 12.1 Å². The Bertz CT molecular complexity index is 801. The maximum absolute atomic E-state index is 5.82. The van der Waals surface area contributed by atoms with Crippen molar-refractivity contribution in [2.45, 2.75) is 19.4 Å². The molecule has 2 aromatic heterocycles. The van der Waals surface area contributed by atoms with Gasteiger partial charge in [-0.15, -0.1) is 0 Å². The van der Waals surface area contributed by atoms with Crippen LogP contribution < -0.4 is 5.32 Å². The molecular formula is C18H18ClN3O. The van der Waals surface area contributed by atoms with Crippen LogP contribution in [0.2, 0.25) is 5.15 Å². The van der Waals surface area contributed by atoms with Crippen molar-refractivity contribution in [2.24, 2.45) is 0 Å². The summed E-state index contributed by atoms with van der Waals surface area (Å²) in [6, 6.07) is 11.9. The van der Waals surface area contributed by atoms with E-state index in [1.54, 1.807) is 25.6 Å². The maximum Gasteiger partial charge on any atom is 0.138 e. The molecule has 0 fully saturated rings. The van der Waals surface area contributed by atoms with E-state index in [9.17, 15) is 0 Å². The molecule has 0 spiro atoms. The Hall–Kier alpha value is -2.17. The van der Waals surface area contributed by atoms with Crippen LogP contribution in [0.1, 0.15) is 25.0 Å². The number of methoxy groups -OCH3 is 1. The van der Waals surface area contributed by atoms with Gasteiger partial charge in [0.2, 0.25) is 0 Å². The van der Waals surface area contributed by atoms with Gasteiger partial charge in [0.1, 0.15) is 11.0 Å². The minimum atomic E-state index is 0.115. The second-order valence-electron chi connectivity index (χ2n) is 5.27. The lowest BCUT2D eigenvalue weighted by molar-refractivity contribution is 0.100. The van der Waals surface area contributed by atoms with Gasteiger partial charge in [-0.05, 0) is 41.6 Å². The fraction of sp³-hybridized carbons (Fsp3) is 0.222. The van der Waals surface area contributed by atoms with Crippen LogP contribution in [0.25, 0.3) is 10.8 Å². The van der Waals surface area contributed by atoms with E-state index in [2.05, 4.69) is 40.4 Å². The Morgan fingerprint density at radius 1 is 1.17 bits per heavy atom. The minimum Gasteiger partial charge on any atom is -0.377 e. The number of fused-ring (bicyclic) bond motifs is 1. The van der Waals surface area contributed by atoms with Gasteiger partial charge in [0.25, 0.3) is 0 Å². The molecule has 1 atom stereocenters. The summed E-state index contributed by atoms with van der Waals surface area (Å²) < 4.78 is 5.52. The van der Waals surface area contributed by atoms with E-state index in [-0.39, 0.29) is 6.10 Å². The topological polar surface area (TPSA) is 47.0 Å². The van der Waals surface area contributed by atoms with E-state index < -0.39 is 0 Å². The normalized spacial score (nSPS) is 12.3. The van der Waals surface area contributed by atoms with Gasteiger partial charge in [-0.1, -0.05) is 30.7 Å². The third-order valence-electron chi connectivity index (χ3n) is 3.81. The summed E-state index contributed by atoms with van der Waals surface area (Å²) in [5.41, 5.74) is 2.02. The summed E-state index contributed by atoms with van der Waals surface area (Å²) in [6.07, 6.45) is 4.54. The maximum atomic E-state index is 5.82. The zero-order valence-corrected chi connectivity index (χ0v) is 13.8. The molecule has 5 heteroatoms. The third-order valence-corrected chi connectivity index (χ3v) is 4.03. The molecule has 0 saturated heterocycles. The molecule has 0 aliphatic carbocycles. The highest BCUT2D eigenvalue weighted by Gasteiger charge is 2.10. The average Bonchev–Trinajstić information content (AvgIpc) is 2.58. The molecule has 0 aliphatic heterocycles. The Balaban J connectivity index is 1.97. The van der Waals surface area contributed by atoms with Crippen LogP contribution in [0, 0.1) is 0 Å². The SMILES string of the molecule is CCC(OC)c1ccc2c(Nc3ccc(Cl)nc3)nccc2c1. The van der Waals surface area contributed by atoms with Crippen molar-refractivity contribution in [1.82, 2.24) is 9.97 Å². The first-order valence-corrected chi connectivity index (χ1v) is 7.89. The number of hydrogen-bond acceptors (Lipinski definition) is 4. The van der Waals surface area contributed by atoms with Crippen LogP contribution in [0.5, 0.6) is 0 Å². The second-order valence-corrected chi connectivity index (χ2v) is 5.65. The van der Waals surface area contributed by atoms with Gasteiger partial charge in [-0.2, -0.15) is 0 Å². The highest BCUT2D eigenvalue weighted by atomic mass is 35.5. The van der Waals surface area contributed by atoms with Crippen molar-refractivity contribution in [3.05, 3.63) is 59.5 Å². The highest BCUT2D eigenvalue weighted by molar-refractivity contribution is 6.29. The molecule has 1 unspecified atom stereocenters. The molecule has 0 saturated carbocycles. The first kappa shape index (κ1) is 15.7. The van der Waals surface area contributed by atoms with Gasteiger partial charge in [-0.3, -0.25) is 0 Å². The van der Waals surface area contributed by atoms with E-state index in [4.69, 9.17) is 16.3 Å². The summed E-state index contributed by atoms with van der Waals surface area (Å²) in [5, 5.41) is 5.93.